The summed E-state index contributed by atoms with van der Waals surface area (Å²) in [6.45, 7) is 0. The van der Waals surface area contributed by atoms with Crippen molar-refractivity contribution in [1.29, 1.82) is 0 Å². The van der Waals surface area contributed by atoms with E-state index in [1.165, 1.54) is 11.3 Å². The summed E-state index contributed by atoms with van der Waals surface area (Å²) >= 11 is 1.40. The molecule has 0 bridgehead atoms. The standard InChI is InChI=1S/C15H13NO2.C8H7N3S/c1-16-13-5-3-2-4-11(13)12-8-15(9-17,10-18)7-6-14(12)16;9-8-11-10-7(12-8)6-4-2-1-3-5-6/h2-7,9-10H,8H2,1H3;1-5H,(H2,9,11). The largest absolute Gasteiger partial charge is 0.374 e. The normalized spacial score (nSPS) is 13.9. The number of hydrogen-bond acceptors (Lipinski definition) is 6. The van der Waals surface area contributed by atoms with E-state index >= 15 is 0 Å². The average molecular weight is 417 g/mol. The second kappa shape index (κ2) is 8.04. The lowest BCUT2D eigenvalue weighted by Gasteiger charge is -2.21. The Kier molecular flexibility index (Phi) is 5.29. The van der Waals surface area contributed by atoms with Gasteiger partial charge in [0.15, 0.2) is 0 Å². The van der Waals surface area contributed by atoms with E-state index in [-0.39, 0.29) is 0 Å². The molecule has 0 amide bonds. The highest BCUT2D eigenvalue weighted by atomic mass is 32.1. The minimum Gasteiger partial charge on any atom is -0.374 e. The third-order valence-electron chi connectivity index (χ3n) is 5.20. The van der Waals surface area contributed by atoms with Crippen LogP contribution in [0.3, 0.4) is 0 Å². The second-order valence-corrected chi connectivity index (χ2v) is 8.12. The first kappa shape index (κ1) is 19.7. The van der Waals surface area contributed by atoms with Gasteiger partial charge in [-0.05, 0) is 24.1 Å². The first-order valence-corrected chi connectivity index (χ1v) is 10.2. The van der Waals surface area contributed by atoms with Crippen LogP contribution in [0.5, 0.6) is 0 Å². The summed E-state index contributed by atoms with van der Waals surface area (Å²) in [4.78, 5) is 22.4. The molecule has 30 heavy (non-hydrogen) atoms. The van der Waals surface area contributed by atoms with Crippen molar-refractivity contribution in [3.05, 3.63) is 71.9 Å². The van der Waals surface area contributed by atoms with Crippen molar-refractivity contribution < 1.29 is 9.59 Å². The highest BCUT2D eigenvalue weighted by Gasteiger charge is 2.32. The van der Waals surface area contributed by atoms with Gasteiger partial charge in [0.2, 0.25) is 5.13 Å². The minimum atomic E-state index is -0.989. The van der Waals surface area contributed by atoms with Gasteiger partial charge >= 0.3 is 0 Å². The number of carbonyl (C=O) groups excluding carboxylic acids is 2. The number of allylic oxidation sites excluding steroid dienone is 1. The number of benzene rings is 2. The summed E-state index contributed by atoms with van der Waals surface area (Å²) in [7, 11) is 2.00. The van der Waals surface area contributed by atoms with E-state index in [0.29, 0.717) is 11.6 Å². The quantitative estimate of drug-likeness (QED) is 0.404. The van der Waals surface area contributed by atoms with Crippen molar-refractivity contribution in [3.63, 3.8) is 0 Å². The molecule has 150 valence electrons. The van der Waals surface area contributed by atoms with Crippen LogP contribution in [0.25, 0.3) is 27.6 Å². The summed E-state index contributed by atoms with van der Waals surface area (Å²) < 4.78 is 2.10. The van der Waals surface area contributed by atoms with Crippen molar-refractivity contribution in [2.45, 2.75) is 6.42 Å². The summed E-state index contributed by atoms with van der Waals surface area (Å²) in [5.74, 6) is 0. The number of hydrogen-bond donors (Lipinski definition) is 1. The molecule has 6 nitrogen and oxygen atoms in total. The molecule has 0 spiro atoms. The highest BCUT2D eigenvalue weighted by molar-refractivity contribution is 7.18. The number of nitrogens with two attached hydrogens (primary N) is 1. The van der Waals surface area contributed by atoms with Crippen LogP contribution in [0.4, 0.5) is 5.13 Å². The van der Waals surface area contributed by atoms with E-state index in [1.807, 2.05) is 67.7 Å². The molecule has 0 unspecified atom stereocenters. The van der Waals surface area contributed by atoms with Gasteiger partial charge in [-0.1, -0.05) is 65.9 Å². The number of nitrogen functional groups attached to an aromatic ring is 1. The van der Waals surface area contributed by atoms with E-state index in [0.717, 1.165) is 45.3 Å². The van der Waals surface area contributed by atoms with Gasteiger partial charge in [-0.2, -0.15) is 0 Å². The fourth-order valence-corrected chi connectivity index (χ4v) is 4.23. The van der Waals surface area contributed by atoms with Gasteiger partial charge in [0.1, 0.15) is 23.0 Å². The number of anilines is 1. The topological polar surface area (TPSA) is 90.9 Å². The number of aldehydes is 2. The van der Waals surface area contributed by atoms with E-state index < -0.39 is 5.41 Å². The van der Waals surface area contributed by atoms with Crippen LogP contribution < -0.4 is 5.73 Å². The number of para-hydroxylation sites is 1. The monoisotopic (exact) mass is 416 g/mol. The molecule has 2 aromatic carbocycles. The second-order valence-electron chi connectivity index (χ2n) is 7.11. The predicted octanol–water partition coefficient (Wildman–Crippen LogP) is 3.92. The van der Waals surface area contributed by atoms with Gasteiger partial charge in [0.05, 0.1) is 0 Å². The van der Waals surface area contributed by atoms with E-state index in [4.69, 9.17) is 5.73 Å². The smallest absolute Gasteiger partial charge is 0.203 e. The van der Waals surface area contributed by atoms with Crippen LogP contribution in [0.1, 0.15) is 11.3 Å². The van der Waals surface area contributed by atoms with Gasteiger partial charge in [0.25, 0.3) is 0 Å². The lowest BCUT2D eigenvalue weighted by molar-refractivity contribution is -0.123. The minimum absolute atomic E-state index is 0.452. The maximum absolute atomic E-state index is 11.2. The van der Waals surface area contributed by atoms with Crippen LogP contribution in [0, 0.1) is 5.41 Å². The summed E-state index contributed by atoms with van der Waals surface area (Å²) in [6.07, 6.45) is 5.51. The molecule has 1 aliphatic carbocycles. The van der Waals surface area contributed by atoms with Gasteiger partial charge in [0, 0.05) is 29.2 Å². The molecular weight excluding hydrogens is 396 g/mol. The van der Waals surface area contributed by atoms with Gasteiger partial charge in [-0.25, -0.2) is 0 Å². The zero-order valence-electron chi connectivity index (χ0n) is 16.4. The number of nitrogens with zero attached hydrogens (tertiary/aromatic N) is 3. The molecule has 0 saturated heterocycles. The number of fused-ring (bicyclic) bond motifs is 3. The Hall–Kier alpha value is -3.58. The Morgan fingerprint density at radius 1 is 1.03 bits per heavy atom. The molecule has 2 N–H and O–H groups in total. The zero-order valence-corrected chi connectivity index (χ0v) is 17.2. The number of rotatable bonds is 3. The third-order valence-corrected chi connectivity index (χ3v) is 6.00. The number of aryl methyl sites for hydroxylation is 1. The average Bonchev–Trinajstić information content (AvgIpc) is 3.36. The SMILES string of the molecule is Cn1c2c(c3ccccc31)CC(C=O)(C=O)C=C2.Nc1nnc(-c2ccccc2)s1. The van der Waals surface area contributed by atoms with Crippen molar-refractivity contribution in [3.8, 4) is 10.6 Å². The lowest BCUT2D eigenvalue weighted by atomic mass is 9.80. The highest BCUT2D eigenvalue weighted by Crippen LogP contribution is 2.35. The predicted molar refractivity (Wildman–Crippen MR) is 120 cm³/mol. The van der Waals surface area contributed by atoms with Crippen LogP contribution in [0.2, 0.25) is 0 Å². The number of carbonyl (C=O) groups is 2. The van der Waals surface area contributed by atoms with Crippen LogP contribution in [-0.2, 0) is 23.1 Å². The first-order valence-electron chi connectivity index (χ1n) is 9.39. The van der Waals surface area contributed by atoms with Crippen LogP contribution >= 0.6 is 11.3 Å². The molecular formula is C23H20N4O2S. The fourth-order valence-electron chi connectivity index (χ4n) is 3.61. The van der Waals surface area contributed by atoms with Crippen molar-refractivity contribution in [2.75, 3.05) is 5.73 Å². The number of aromatic nitrogens is 3. The van der Waals surface area contributed by atoms with Gasteiger partial charge < -0.3 is 19.9 Å². The Balaban J connectivity index is 0.000000158. The molecule has 7 heteroatoms. The summed E-state index contributed by atoms with van der Waals surface area (Å²) in [5.41, 5.74) is 8.82. The summed E-state index contributed by atoms with van der Waals surface area (Å²) in [6, 6.07) is 17.9. The molecule has 2 heterocycles. The van der Waals surface area contributed by atoms with Crippen LogP contribution in [0.15, 0.2) is 60.7 Å². The zero-order chi connectivity index (χ0) is 21.1. The Morgan fingerprint density at radius 2 is 1.73 bits per heavy atom. The molecule has 0 fully saturated rings. The van der Waals surface area contributed by atoms with Crippen molar-refractivity contribution in [1.82, 2.24) is 14.8 Å². The lowest BCUT2D eigenvalue weighted by Crippen LogP contribution is -2.27. The Labute approximate surface area is 177 Å². The third kappa shape index (κ3) is 3.55. The Bertz CT molecular complexity index is 1230. The van der Waals surface area contributed by atoms with Crippen molar-refractivity contribution >= 4 is 46.0 Å². The first-order chi connectivity index (χ1) is 14.6. The molecule has 2 aromatic heterocycles. The van der Waals surface area contributed by atoms with E-state index in [2.05, 4.69) is 14.8 Å². The van der Waals surface area contributed by atoms with E-state index in [1.54, 1.807) is 6.08 Å². The van der Waals surface area contributed by atoms with Crippen molar-refractivity contribution in [2.24, 2.45) is 12.5 Å². The Morgan fingerprint density at radius 3 is 2.40 bits per heavy atom. The molecule has 0 saturated carbocycles. The fraction of sp³-hybridized carbons (Fsp3) is 0.130. The molecule has 0 radical (unpaired) electrons. The van der Waals surface area contributed by atoms with Gasteiger partial charge in [-0.3, -0.25) is 0 Å². The molecule has 0 aliphatic heterocycles. The molecule has 0 atom stereocenters. The molecule has 5 rings (SSSR count). The van der Waals surface area contributed by atoms with Gasteiger partial charge in [-0.15, -0.1) is 10.2 Å². The molecule has 4 aromatic rings. The van der Waals surface area contributed by atoms with Crippen LogP contribution in [-0.4, -0.2) is 27.3 Å². The maximum atomic E-state index is 11.2. The summed E-state index contributed by atoms with van der Waals surface area (Å²) in [5, 5.41) is 10.2. The molecule has 1 aliphatic rings. The maximum Gasteiger partial charge on any atom is 0.203 e. The van der Waals surface area contributed by atoms with E-state index in [9.17, 15) is 9.59 Å².